The van der Waals surface area contributed by atoms with E-state index in [2.05, 4.69) is 4.72 Å². The highest BCUT2D eigenvalue weighted by atomic mass is 35.5. The van der Waals surface area contributed by atoms with E-state index in [0.29, 0.717) is 5.56 Å². The van der Waals surface area contributed by atoms with Gasteiger partial charge in [0, 0.05) is 6.42 Å². The fraction of sp³-hybridized carbons (Fsp3) is 0.500. The first-order chi connectivity index (χ1) is 13.6. The van der Waals surface area contributed by atoms with Crippen LogP contribution in [-0.2, 0) is 24.3 Å². The third-order valence-corrected chi connectivity index (χ3v) is 7.08. The van der Waals surface area contributed by atoms with Gasteiger partial charge in [-0.3, -0.25) is 4.72 Å². The molecule has 0 saturated carbocycles. The van der Waals surface area contributed by atoms with Crippen LogP contribution in [0.1, 0.15) is 18.4 Å². The number of aliphatic hydroxyl groups is 2. The van der Waals surface area contributed by atoms with E-state index < -0.39 is 58.0 Å². The maximum absolute atomic E-state index is 13.0. The summed E-state index contributed by atoms with van der Waals surface area (Å²) >= 11 is 6.09. The first-order valence-corrected chi connectivity index (χ1v) is 10.8. The van der Waals surface area contributed by atoms with Gasteiger partial charge in [-0.15, -0.1) is 0 Å². The van der Waals surface area contributed by atoms with Crippen molar-refractivity contribution in [3.63, 3.8) is 0 Å². The summed E-state index contributed by atoms with van der Waals surface area (Å²) in [6.45, 7) is 0.814. The van der Waals surface area contributed by atoms with E-state index >= 15 is 0 Å². The number of ether oxygens (including phenoxy) is 2. The second-order valence-electron chi connectivity index (χ2n) is 7.00. The highest BCUT2D eigenvalue weighted by Gasteiger charge is 2.51. The molecule has 3 unspecified atom stereocenters. The molecule has 1 aliphatic carbocycles. The molecule has 1 aromatic carbocycles. The lowest BCUT2D eigenvalue weighted by molar-refractivity contribution is -0.153. The van der Waals surface area contributed by atoms with E-state index in [-0.39, 0.29) is 23.6 Å². The lowest BCUT2D eigenvalue weighted by Gasteiger charge is -2.33. The van der Waals surface area contributed by atoms with Gasteiger partial charge in [0.05, 0.1) is 29.5 Å². The second-order valence-corrected chi connectivity index (χ2v) is 9.27. The van der Waals surface area contributed by atoms with Crippen LogP contribution in [0.15, 0.2) is 29.8 Å². The Labute approximate surface area is 172 Å². The fourth-order valence-electron chi connectivity index (χ4n) is 3.57. The molecule has 0 amide bonds. The topological polar surface area (TPSA) is 142 Å². The van der Waals surface area contributed by atoms with Crippen LogP contribution >= 0.6 is 11.6 Å². The van der Waals surface area contributed by atoms with Crippen molar-refractivity contribution in [3.05, 3.63) is 40.4 Å². The van der Waals surface area contributed by atoms with Crippen molar-refractivity contribution in [2.45, 2.75) is 43.0 Å². The average molecular weight is 448 g/mol. The number of hydrogen-bond donors (Lipinski definition) is 4. The van der Waals surface area contributed by atoms with Gasteiger partial charge in [0.1, 0.15) is 17.5 Å². The number of rotatable bonds is 6. The molecular formula is C18H22ClNO8S. The molecule has 11 heteroatoms. The van der Waals surface area contributed by atoms with Crippen molar-refractivity contribution in [3.8, 4) is 0 Å². The molecule has 2 aliphatic rings. The number of para-hydroxylation sites is 1. The molecule has 4 N–H and O–H groups in total. The van der Waals surface area contributed by atoms with Crippen LogP contribution in [0, 0.1) is 6.92 Å². The summed E-state index contributed by atoms with van der Waals surface area (Å²) in [6, 6.07) is 4.88. The van der Waals surface area contributed by atoms with Gasteiger partial charge in [-0.05, 0) is 31.1 Å². The summed E-state index contributed by atoms with van der Waals surface area (Å²) in [5.41, 5.74) is 0.366. The molecule has 29 heavy (non-hydrogen) atoms. The van der Waals surface area contributed by atoms with Crippen molar-refractivity contribution in [1.29, 1.82) is 0 Å². The number of sulfonamides is 1. The number of aliphatic carboxylic acids is 1. The Morgan fingerprint density at radius 1 is 1.28 bits per heavy atom. The Hall–Kier alpha value is -1.69. The maximum atomic E-state index is 13.0. The van der Waals surface area contributed by atoms with Gasteiger partial charge < -0.3 is 24.8 Å². The normalized spacial score (nSPS) is 29.7. The number of benzene rings is 1. The molecule has 3 atom stereocenters. The van der Waals surface area contributed by atoms with Crippen LogP contribution in [-0.4, -0.2) is 66.2 Å². The molecule has 0 aromatic heterocycles. The summed E-state index contributed by atoms with van der Waals surface area (Å²) in [5.74, 6) is -2.95. The van der Waals surface area contributed by atoms with Crippen molar-refractivity contribution >= 4 is 33.3 Å². The molecule has 0 bridgehead atoms. The van der Waals surface area contributed by atoms with E-state index in [9.17, 15) is 28.5 Å². The molecule has 0 radical (unpaired) electrons. The van der Waals surface area contributed by atoms with Crippen molar-refractivity contribution in [1.82, 2.24) is 0 Å². The molecule has 160 valence electrons. The van der Waals surface area contributed by atoms with Gasteiger partial charge in [0.25, 0.3) is 0 Å². The number of carboxylic acids is 1. The van der Waals surface area contributed by atoms with Gasteiger partial charge in [-0.25, -0.2) is 13.2 Å². The predicted molar refractivity (Wildman–Crippen MR) is 104 cm³/mol. The minimum atomic E-state index is -4.15. The summed E-state index contributed by atoms with van der Waals surface area (Å²) in [5, 5.41) is 27.2. The second kappa shape index (κ2) is 8.21. The standard InChI is InChI=1S/C18H22ClNO8S/c1-10-3-2-4-12(19)16(10)20-29(25,26)15-5-6-18(7-11(15)17(23)24)27-13(8-21)14(9-22)28-18/h2-4,7,13-15,20-22H,5-6,8-9H2,1H3,(H,23,24). The third-order valence-electron chi connectivity index (χ3n) is 5.04. The van der Waals surface area contributed by atoms with Gasteiger partial charge in [0.2, 0.25) is 10.0 Å². The Kier molecular flexibility index (Phi) is 6.23. The average Bonchev–Trinajstić information content (AvgIpc) is 3.02. The molecule has 1 fully saturated rings. The Balaban J connectivity index is 1.94. The summed E-state index contributed by atoms with van der Waals surface area (Å²) in [4.78, 5) is 11.8. The molecule has 1 aromatic rings. The largest absolute Gasteiger partial charge is 0.478 e. The van der Waals surface area contributed by atoms with Crippen molar-refractivity contribution in [2.24, 2.45) is 0 Å². The Morgan fingerprint density at radius 3 is 2.41 bits per heavy atom. The highest BCUT2D eigenvalue weighted by molar-refractivity contribution is 7.93. The Bertz CT molecular complexity index is 900. The molecule has 3 rings (SSSR count). The highest BCUT2D eigenvalue weighted by Crippen LogP contribution is 2.41. The SMILES string of the molecule is Cc1cccc(Cl)c1NS(=O)(=O)C1CCC2(C=C1C(=O)O)OC(CO)C(CO)O2. The van der Waals surface area contributed by atoms with Gasteiger partial charge in [-0.2, -0.15) is 0 Å². The van der Waals surface area contributed by atoms with Crippen LogP contribution in [0.3, 0.4) is 0 Å². The first kappa shape index (κ1) is 22.0. The number of carbonyl (C=O) groups is 1. The number of anilines is 1. The molecule has 9 nitrogen and oxygen atoms in total. The lowest BCUT2D eigenvalue weighted by atomic mass is 9.94. The number of carboxylic acid groups (broad SMARTS) is 1. The lowest BCUT2D eigenvalue weighted by Crippen LogP contribution is -2.42. The number of halogens is 1. The predicted octanol–water partition coefficient (Wildman–Crippen LogP) is 1.03. The Morgan fingerprint density at radius 2 is 1.90 bits per heavy atom. The van der Waals surface area contributed by atoms with E-state index in [1.165, 1.54) is 6.07 Å². The number of hydrogen-bond acceptors (Lipinski definition) is 7. The number of nitrogens with one attached hydrogen (secondary N) is 1. The smallest absolute Gasteiger partial charge is 0.332 e. The monoisotopic (exact) mass is 447 g/mol. The molecule has 1 spiro atoms. The van der Waals surface area contributed by atoms with Crippen molar-refractivity contribution in [2.75, 3.05) is 17.9 Å². The fourth-order valence-corrected chi connectivity index (χ4v) is 5.53. The summed E-state index contributed by atoms with van der Waals surface area (Å²) in [7, 11) is -4.15. The third kappa shape index (κ3) is 4.27. The minimum Gasteiger partial charge on any atom is -0.478 e. The first-order valence-electron chi connectivity index (χ1n) is 8.92. The minimum absolute atomic E-state index is 0.0316. The number of aryl methyl sites for hydroxylation is 1. The van der Waals surface area contributed by atoms with E-state index in [1.807, 2.05) is 0 Å². The molecule has 1 aliphatic heterocycles. The quantitative estimate of drug-likeness (QED) is 0.506. The van der Waals surface area contributed by atoms with Gasteiger partial charge >= 0.3 is 5.97 Å². The van der Waals surface area contributed by atoms with Gasteiger partial charge in [0.15, 0.2) is 5.79 Å². The van der Waals surface area contributed by atoms with Crippen LogP contribution in [0.2, 0.25) is 5.02 Å². The van der Waals surface area contributed by atoms with Crippen LogP contribution in [0.25, 0.3) is 0 Å². The number of aliphatic hydroxyl groups excluding tert-OH is 2. The zero-order chi connectivity index (χ0) is 21.4. The zero-order valence-corrected chi connectivity index (χ0v) is 17.1. The van der Waals surface area contributed by atoms with Crippen LogP contribution in [0.4, 0.5) is 5.69 Å². The summed E-state index contributed by atoms with van der Waals surface area (Å²) in [6.07, 6.45) is -0.649. The van der Waals surface area contributed by atoms with Crippen LogP contribution < -0.4 is 4.72 Å². The van der Waals surface area contributed by atoms with Gasteiger partial charge in [-0.1, -0.05) is 23.7 Å². The van der Waals surface area contributed by atoms with Crippen LogP contribution in [0.5, 0.6) is 0 Å². The maximum Gasteiger partial charge on any atom is 0.332 e. The molecular weight excluding hydrogens is 426 g/mol. The van der Waals surface area contributed by atoms with E-state index in [1.54, 1.807) is 19.1 Å². The van der Waals surface area contributed by atoms with E-state index in [0.717, 1.165) is 6.08 Å². The summed E-state index contributed by atoms with van der Waals surface area (Å²) < 4.78 is 39.6. The molecule has 1 heterocycles. The van der Waals surface area contributed by atoms with E-state index in [4.69, 9.17) is 21.1 Å². The molecule has 1 saturated heterocycles. The zero-order valence-electron chi connectivity index (χ0n) is 15.5. The van der Waals surface area contributed by atoms with Crippen molar-refractivity contribution < 1.29 is 38.0 Å².